The van der Waals surface area contributed by atoms with E-state index in [4.69, 9.17) is 15.0 Å². The first kappa shape index (κ1) is 31.7. The number of fused-ring (bicyclic) bond motifs is 3. The normalized spacial score (nSPS) is 13.6. The van der Waals surface area contributed by atoms with E-state index in [9.17, 15) is 0 Å². The second-order valence-corrected chi connectivity index (χ2v) is 13.5. The van der Waals surface area contributed by atoms with E-state index >= 15 is 0 Å². The molecule has 3 N–H and O–H groups in total. The summed E-state index contributed by atoms with van der Waals surface area (Å²) in [4.78, 5) is 29.9. The van der Waals surface area contributed by atoms with Gasteiger partial charge in [0, 0.05) is 0 Å². The van der Waals surface area contributed by atoms with Crippen molar-refractivity contribution < 1.29 is 0 Å². The molecule has 0 spiro atoms. The number of hydrogen-bond donors (Lipinski definition) is 3. The number of aromatic nitrogens is 6. The van der Waals surface area contributed by atoms with Gasteiger partial charge in [0.25, 0.3) is 0 Å². The zero-order valence-corrected chi connectivity index (χ0v) is 28.7. The summed E-state index contributed by atoms with van der Waals surface area (Å²) in [5.74, 6) is 2.73. The average Bonchev–Trinajstić information content (AvgIpc) is 3.95. The van der Waals surface area contributed by atoms with Gasteiger partial charge in [0.05, 0.1) is 51.2 Å². The molecule has 254 valence electrons. The Morgan fingerprint density at radius 2 is 0.615 bits per heavy atom. The van der Waals surface area contributed by atoms with E-state index in [-0.39, 0.29) is 18.1 Å². The molecular weight excluding hydrogens is 639 g/mol. The van der Waals surface area contributed by atoms with Gasteiger partial charge in [-0.15, -0.1) is 0 Å². The Balaban J connectivity index is 1.32. The monoisotopic (exact) mass is 677 g/mol. The van der Waals surface area contributed by atoms with Crippen LogP contribution in [0.4, 0.5) is 0 Å². The molecule has 52 heavy (non-hydrogen) atoms. The summed E-state index contributed by atoms with van der Waals surface area (Å²) in [6.45, 7) is 0. The van der Waals surface area contributed by atoms with Gasteiger partial charge in [0.1, 0.15) is 17.5 Å². The molecule has 0 aliphatic rings. The molecule has 9 aromatic rings. The fraction of sp³-hybridized carbons (Fsp3) is 0.133. The highest BCUT2D eigenvalue weighted by molar-refractivity contribution is 5.76. The molecule has 0 bridgehead atoms. The van der Waals surface area contributed by atoms with Gasteiger partial charge in [-0.1, -0.05) is 127 Å². The summed E-state index contributed by atoms with van der Waals surface area (Å²) >= 11 is 0. The smallest absolute Gasteiger partial charge is 0.125 e. The molecule has 3 atom stereocenters. The van der Waals surface area contributed by atoms with E-state index in [0.717, 1.165) is 69.8 Å². The number of nitrogens with zero attached hydrogens (tertiary/aromatic N) is 4. The maximum atomic E-state index is 5.32. The van der Waals surface area contributed by atoms with Gasteiger partial charge in [-0.25, -0.2) is 15.0 Å². The lowest BCUT2D eigenvalue weighted by atomic mass is 9.93. The van der Waals surface area contributed by atoms with Crippen molar-refractivity contribution in [3.8, 4) is 0 Å². The first-order valence-electron chi connectivity index (χ1n) is 18.0. The summed E-state index contributed by atoms with van der Waals surface area (Å²) in [5.41, 5.74) is 9.57. The van der Waals surface area contributed by atoms with Crippen molar-refractivity contribution in [1.29, 1.82) is 0 Å². The molecule has 3 aromatic heterocycles. The topological polar surface area (TPSA) is 89.3 Å². The molecule has 0 amide bonds. The van der Waals surface area contributed by atoms with Gasteiger partial charge in [0.15, 0.2) is 0 Å². The molecule has 0 saturated carbocycles. The molecule has 7 heteroatoms. The first-order valence-corrected chi connectivity index (χ1v) is 18.0. The highest BCUT2D eigenvalue weighted by atomic mass is 15.3. The predicted octanol–water partition coefficient (Wildman–Crippen LogP) is 9.87. The standard InChI is InChI=1S/C45H39N7/c1-4-16-31(17-5-1)28-40(43-46-34-22-10-11-23-35(34)47-43)52(41(29-32-18-6-2-7-19-32)44-48-36-24-12-13-25-37(36)49-44)42(30-33-20-8-3-9-21-33)45-50-38-26-14-15-27-39(38)51-45/h1-27,40-42H,28-30H2,(H,46,47)(H,48,49)(H,50,51). The van der Waals surface area contributed by atoms with E-state index < -0.39 is 0 Å². The van der Waals surface area contributed by atoms with Gasteiger partial charge < -0.3 is 15.0 Å². The van der Waals surface area contributed by atoms with Gasteiger partial charge >= 0.3 is 0 Å². The van der Waals surface area contributed by atoms with Crippen LogP contribution < -0.4 is 0 Å². The zero-order valence-electron chi connectivity index (χ0n) is 28.7. The number of hydrogen-bond acceptors (Lipinski definition) is 4. The van der Waals surface area contributed by atoms with Crippen molar-refractivity contribution >= 4 is 33.1 Å². The van der Waals surface area contributed by atoms with Gasteiger partial charge in [0.2, 0.25) is 0 Å². The molecule has 0 aliphatic heterocycles. The van der Waals surface area contributed by atoms with Crippen molar-refractivity contribution in [2.75, 3.05) is 0 Å². The van der Waals surface area contributed by atoms with E-state index in [2.05, 4.69) is 184 Å². The quantitative estimate of drug-likeness (QED) is 0.120. The van der Waals surface area contributed by atoms with Crippen LogP contribution in [-0.2, 0) is 19.3 Å². The first-order chi connectivity index (χ1) is 25.7. The van der Waals surface area contributed by atoms with E-state index in [0.29, 0.717) is 0 Å². The minimum absolute atomic E-state index is 0.196. The van der Waals surface area contributed by atoms with E-state index in [1.165, 1.54) is 16.7 Å². The summed E-state index contributed by atoms with van der Waals surface area (Å²) in [6.07, 6.45) is 2.16. The van der Waals surface area contributed by atoms with Crippen molar-refractivity contribution in [1.82, 2.24) is 34.8 Å². The number of para-hydroxylation sites is 6. The second-order valence-electron chi connectivity index (χ2n) is 13.5. The SMILES string of the molecule is c1ccc(CC(c2nc3ccccc3[nH]2)N(C(Cc2ccccc2)c2nc3ccccc3[nH]2)C(Cc2ccccc2)c2nc3ccccc3[nH]2)cc1. The lowest BCUT2D eigenvalue weighted by Gasteiger charge is -2.42. The molecule has 3 unspecified atom stereocenters. The summed E-state index contributed by atoms with van der Waals surface area (Å²) in [6, 6.07) is 56.6. The lowest BCUT2D eigenvalue weighted by Crippen LogP contribution is -2.41. The van der Waals surface area contributed by atoms with Crippen LogP contribution in [0.25, 0.3) is 33.1 Å². The van der Waals surface area contributed by atoms with Gasteiger partial charge in [-0.2, -0.15) is 0 Å². The Kier molecular flexibility index (Phi) is 8.60. The number of rotatable bonds is 12. The van der Waals surface area contributed by atoms with Crippen LogP contribution in [-0.4, -0.2) is 34.8 Å². The minimum Gasteiger partial charge on any atom is -0.341 e. The molecular formula is C45H39N7. The van der Waals surface area contributed by atoms with Crippen molar-refractivity contribution in [3.05, 3.63) is 198 Å². The van der Waals surface area contributed by atoms with Crippen LogP contribution in [0.1, 0.15) is 52.3 Å². The Labute approximate surface area is 302 Å². The third kappa shape index (κ3) is 6.50. The number of benzene rings is 6. The van der Waals surface area contributed by atoms with Gasteiger partial charge in [-0.05, 0) is 72.4 Å². The fourth-order valence-corrected chi connectivity index (χ4v) is 7.58. The summed E-state index contributed by atoms with van der Waals surface area (Å²) < 4.78 is 0. The Bertz CT molecular complexity index is 2150. The molecule has 6 aromatic carbocycles. The Morgan fingerprint density at radius 1 is 0.346 bits per heavy atom. The molecule has 0 radical (unpaired) electrons. The number of nitrogens with one attached hydrogen (secondary N) is 3. The van der Waals surface area contributed by atoms with E-state index in [1.807, 2.05) is 0 Å². The fourth-order valence-electron chi connectivity index (χ4n) is 7.58. The average molecular weight is 678 g/mol. The van der Waals surface area contributed by atoms with Crippen molar-refractivity contribution in [2.45, 2.75) is 37.4 Å². The van der Waals surface area contributed by atoms with Crippen LogP contribution in [0.3, 0.4) is 0 Å². The van der Waals surface area contributed by atoms with E-state index in [1.54, 1.807) is 0 Å². The van der Waals surface area contributed by atoms with Crippen LogP contribution in [0.2, 0.25) is 0 Å². The summed E-state index contributed by atoms with van der Waals surface area (Å²) in [7, 11) is 0. The van der Waals surface area contributed by atoms with Gasteiger partial charge in [-0.3, -0.25) is 4.90 Å². The zero-order chi connectivity index (χ0) is 34.7. The lowest BCUT2D eigenvalue weighted by molar-refractivity contribution is 0.0611. The highest BCUT2D eigenvalue weighted by Crippen LogP contribution is 2.43. The third-order valence-electron chi connectivity index (χ3n) is 10.1. The van der Waals surface area contributed by atoms with Crippen LogP contribution in [0.5, 0.6) is 0 Å². The second kappa shape index (κ2) is 14.1. The van der Waals surface area contributed by atoms with Crippen LogP contribution in [0, 0.1) is 0 Å². The molecule has 9 rings (SSSR count). The minimum atomic E-state index is -0.196. The maximum Gasteiger partial charge on any atom is 0.125 e. The number of H-pyrrole nitrogens is 3. The Morgan fingerprint density at radius 3 is 0.904 bits per heavy atom. The molecule has 0 saturated heterocycles. The van der Waals surface area contributed by atoms with Crippen LogP contribution >= 0.6 is 0 Å². The third-order valence-corrected chi connectivity index (χ3v) is 10.1. The molecule has 7 nitrogen and oxygen atoms in total. The molecule has 3 heterocycles. The van der Waals surface area contributed by atoms with Crippen LogP contribution in [0.15, 0.2) is 164 Å². The molecule has 0 aliphatic carbocycles. The number of imidazole rings is 3. The number of aromatic amines is 3. The largest absolute Gasteiger partial charge is 0.341 e. The maximum absolute atomic E-state index is 5.32. The summed E-state index contributed by atoms with van der Waals surface area (Å²) in [5, 5.41) is 0. The Hall–Kier alpha value is -6.31. The van der Waals surface area contributed by atoms with Crippen molar-refractivity contribution in [2.24, 2.45) is 0 Å². The predicted molar refractivity (Wildman–Crippen MR) is 209 cm³/mol. The molecule has 0 fully saturated rings. The van der Waals surface area contributed by atoms with Crippen molar-refractivity contribution in [3.63, 3.8) is 0 Å². The highest BCUT2D eigenvalue weighted by Gasteiger charge is 2.40.